The smallest absolute Gasteiger partial charge is 0.337 e. The van der Waals surface area contributed by atoms with Crippen LogP contribution in [0.5, 0.6) is 5.75 Å². The molecule has 0 spiro atoms. The number of methoxy groups -OCH3 is 1. The summed E-state index contributed by atoms with van der Waals surface area (Å²) in [7, 11) is 1.38. The number of esters is 1. The number of carbonyl (C=O) groups is 1. The summed E-state index contributed by atoms with van der Waals surface area (Å²) in [4.78, 5) is 11.4. The molecule has 0 atom stereocenters. The minimum absolute atomic E-state index is 0.0747. The summed E-state index contributed by atoms with van der Waals surface area (Å²) in [5, 5.41) is 0. The summed E-state index contributed by atoms with van der Waals surface area (Å²) in [6.07, 6.45) is 4.59. The van der Waals surface area contributed by atoms with Crippen molar-refractivity contribution in [2.24, 2.45) is 0 Å². The first-order valence-electron chi connectivity index (χ1n) is 6.00. The monoisotopic (exact) mass is 234 g/mol. The Balaban J connectivity index is 2.13. The Hall–Kier alpha value is -1.51. The zero-order chi connectivity index (χ0) is 12.3. The molecule has 0 amide bonds. The van der Waals surface area contributed by atoms with E-state index in [0.29, 0.717) is 5.56 Å². The lowest BCUT2D eigenvalue weighted by molar-refractivity contribution is 0.0597. The van der Waals surface area contributed by atoms with Crippen molar-refractivity contribution < 1.29 is 14.3 Å². The van der Waals surface area contributed by atoms with Crippen molar-refractivity contribution in [2.45, 2.75) is 38.2 Å². The van der Waals surface area contributed by atoms with Gasteiger partial charge in [0.25, 0.3) is 0 Å². The highest BCUT2D eigenvalue weighted by molar-refractivity contribution is 5.89. The minimum atomic E-state index is -0.327. The van der Waals surface area contributed by atoms with E-state index < -0.39 is 0 Å². The average molecular weight is 234 g/mol. The van der Waals surface area contributed by atoms with Crippen molar-refractivity contribution >= 4 is 5.97 Å². The first-order valence-corrected chi connectivity index (χ1v) is 6.00. The van der Waals surface area contributed by atoms with Crippen molar-refractivity contribution in [2.75, 3.05) is 7.11 Å². The van der Waals surface area contributed by atoms with Gasteiger partial charge in [0.2, 0.25) is 0 Å². The molecule has 2 rings (SSSR count). The fraction of sp³-hybridized carbons (Fsp3) is 0.500. The fourth-order valence-electron chi connectivity index (χ4n) is 2.31. The van der Waals surface area contributed by atoms with Gasteiger partial charge in [-0.05, 0) is 50.8 Å². The molecular formula is C14H18O3. The maximum Gasteiger partial charge on any atom is 0.337 e. The second-order valence-corrected chi connectivity index (χ2v) is 4.78. The third kappa shape index (κ3) is 2.78. The Morgan fingerprint density at radius 1 is 1.29 bits per heavy atom. The predicted octanol–water partition coefficient (Wildman–Crippen LogP) is 3.18. The van der Waals surface area contributed by atoms with Gasteiger partial charge in [0.15, 0.2) is 0 Å². The third-order valence-electron chi connectivity index (χ3n) is 3.28. The molecule has 0 heterocycles. The summed E-state index contributed by atoms with van der Waals surface area (Å²) in [6, 6.07) is 7.18. The lowest BCUT2D eigenvalue weighted by atomic mass is 10.1. The molecule has 0 N–H and O–H groups in total. The number of benzene rings is 1. The molecule has 0 aromatic heterocycles. The first kappa shape index (κ1) is 12.0. The van der Waals surface area contributed by atoms with E-state index in [4.69, 9.17) is 9.47 Å². The van der Waals surface area contributed by atoms with Crippen LogP contribution in [0.1, 0.15) is 43.0 Å². The van der Waals surface area contributed by atoms with Gasteiger partial charge in [-0.3, -0.25) is 0 Å². The summed E-state index contributed by atoms with van der Waals surface area (Å²) >= 11 is 0. The molecule has 1 saturated carbocycles. The van der Waals surface area contributed by atoms with E-state index in [0.717, 1.165) is 18.6 Å². The van der Waals surface area contributed by atoms with Gasteiger partial charge in [-0.1, -0.05) is 6.07 Å². The van der Waals surface area contributed by atoms with Crippen molar-refractivity contribution in [3.8, 4) is 5.75 Å². The molecule has 1 aromatic rings. The van der Waals surface area contributed by atoms with Crippen molar-refractivity contribution in [1.82, 2.24) is 0 Å². The van der Waals surface area contributed by atoms with Gasteiger partial charge in [-0.2, -0.15) is 0 Å². The normalized spacial score (nSPS) is 17.8. The van der Waals surface area contributed by atoms with E-state index in [1.807, 2.05) is 12.1 Å². The highest BCUT2D eigenvalue weighted by Crippen LogP contribution is 2.34. The Bertz CT molecular complexity index is 406. The van der Waals surface area contributed by atoms with Crippen molar-refractivity contribution in [1.29, 1.82) is 0 Å². The number of hydrogen-bond acceptors (Lipinski definition) is 3. The fourth-order valence-corrected chi connectivity index (χ4v) is 2.31. The molecule has 0 radical (unpaired) electrons. The molecule has 0 aliphatic heterocycles. The van der Waals surface area contributed by atoms with Crippen LogP contribution in [0.25, 0.3) is 0 Å². The minimum Gasteiger partial charge on any atom is -0.488 e. The molecule has 3 nitrogen and oxygen atoms in total. The standard InChI is InChI=1S/C14H18O3/c1-14(8-3-4-9-14)17-12-7-5-6-11(10-12)13(15)16-2/h5-7,10H,3-4,8-9H2,1-2H3. The quantitative estimate of drug-likeness (QED) is 0.753. The molecule has 0 saturated heterocycles. The summed E-state index contributed by atoms with van der Waals surface area (Å²) in [5.41, 5.74) is 0.459. The molecular weight excluding hydrogens is 216 g/mol. The third-order valence-corrected chi connectivity index (χ3v) is 3.28. The van der Waals surface area contributed by atoms with Crippen LogP contribution in [0.15, 0.2) is 24.3 Å². The SMILES string of the molecule is COC(=O)c1cccc(OC2(C)CCCC2)c1. The van der Waals surface area contributed by atoms with E-state index >= 15 is 0 Å². The highest BCUT2D eigenvalue weighted by atomic mass is 16.5. The first-order chi connectivity index (χ1) is 8.13. The Morgan fingerprint density at radius 3 is 2.65 bits per heavy atom. The van der Waals surface area contributed by atoms with Gasteiger partial charge < -0.3 is 9.47 Å². The molecule has 1 aromatic carbocycles. The van der Waals surface area contributed by atoms with E-state index in [2.05, 4.69) is 6.92 Å². The van der Waals surface area contributed by atoms with Crippen LogP contribution >= 0.6 is 0 Å². The van der Waals surface area contributed by atoms with E-state index in [-0.39, 0.29) is 11.6 Å². The molecule has 17 heavy (non-hydrogen) atoms. The largest absolute Gasteiger partial charge is 0.488 e. The highest BCUT2D eigenvalue weighted by Gasteiger charge is 2.30. The average Bonchev–Trinajstić information content (AvgIpc) is 2.75. The van der Waals surface area contributed by atoms with Crippen LogP contribution in [0.2, 0.25) is 0 Å². The van der Waals surface area contributed by atoms with Gasteiger partial charge in [0.05, 0.1) is 12.7 Å². The molecule has 1 aliphatic rings. The maximum atomic E-state index is 11.4. The summed E-state index contributed by atoms with van der Waals surface area (Å²) < 4.78 is 10.7. The topological polar surface area (TPSA) is 35.5 Å². The van der Waals surface area contributed by atoms with Crippen LogP contribution in [0.4, 0.5) is 0 Å². The Morgan fingerprint density at radius 2 is 2.00 bits per heavy atom. The zero-order valence-electron chi connectivity index (χ0n) is 10.4. The van der Waals surface area contributed by atoms with E-state index in [1.54, 1.807) is 12.1 Å². The van der Waals surface area contributed by atoms with Gasteiger partial charge >= 0.3 is 5.97 Å². The van der Waals surface area contributed by atoms with Gasteiger partial charge in [0, 0.05) is 0 Å². The maximum absolute atomic E-state index is 11.4. The number of rotatable bonds is 3. The summed E-state index contributed by atoms with van der Waals surface area (Å²) in [6.45, 7) is 2.13. The second kappa shape index (κ2) is 4.78. The Kier molecular flexibility index (Phi) is 3.36. The lowest BCUT2D eigenvalue weighted by Crippen LogP contribution is -2.28. The molecule has 1 fully saturated rings. The van der Waals surface area contributed by atoms with Crippen LogP contribution in [-0.4, -0.2) is 18.7 Å². The van der Waals surface area contributed by atoms with Crippen LogP contribution in [0, 0.1) is 0 Å². The van der Waals surface area contributed by atoms with Crippen LogP contribution in [-0.2, 0) is 4.74 Å². The predicted molar refractivity (Wildman–Crippen MR) is 65.3 cm³/mol. The van der Waals surface area contributed by atoms with Crippen molar-refractivity contribution in [3.05, 3.63) is 29.8 Å². The van der Waals surface area contributed by atoms with E-state index in [9.17, 15) is 4.79 Å². The Labute approximate surface area is 102 Å². The van der Waals surface area contributed by atoms with E-state index in [1.165, 1.54) is 20.0 Å². The van der Waals surface area contributed by atoms with Gasteiger partial charge in [0.1, 0.15) is 11.4 Å². The van der Waals surface area contributed by atoms with Crippen LogP contribution < -0.4 is 4.74 Å². The second-order valence-electron chi connectivity index (χ2n) is 4.78. The van der Waals surface area contributed by atoms with Gasteiger partial charge in [-0.25, -0.2) is 4.79 Å². The van der Waals surface area contributed by atoms with Crippen LogP contribution in [0.3, 0.4) is 0 Å². The molecule has 0 bridgehead atoms. The molecule has 3 heteroatoms. The number of ether oxygens (including phenoxy) is 2. The van der Waals surface area contributed by atoms with Crippen molar-refractivity contribution in [3.63, 3.8) is 0 Å². The number of carbonyl (C=O) groups excluding carboxylic acids is 1. The lowest BCUT2D eigenvalue weighted by Gasteiger charge is -2.25. The number of hydrogen-bond donors (Lipinski definition) is 0. The zero-order valence-corrected chi connectivity index (χ0v) is 10.4. The molecule has 92 valence electrons. The molecule has 1 aliphatic carbocycles. The summed E-state index contributed by atoms with van der Waals surface area (Å²) in [5.74, 6) is 0.421. The van der Waals surface area contributed by atoms with Gasteiger partial charge in [-0.15, -0.1) is 0 Å². The molecule has 0 unspecified atom stereocenters.